The summed E-state index contributed by atoms with van der Waals surface area (Å²) in [6.45, 7) is 1.80. The SMILES string of the molecule is N#CCC(NC(=O)O)C12CCCC1CNC2. The minimum Gasteiger partial charge on any atom is -0.465 e. The molecule has 5 nitrogen and oxygen atoms in total. The number of rotatable bonds is 3. The monoisotopic (exact) mass is 223 g/mol. The van der Waals surface area contributed by atoms with Crippen molar-refractivity contribution in [3.8, 4) is 6.07 Å². The molecule has 0 aromatic heterocycles. The standard InChI is InChI=1S/C11H17N3O2/c12-5-3-9(14-10(15)16)11-4-1-2-8(11)6-13-7-11/h8-9,13-14H,1-4,6-7H2,(H,15,16). The van der Waals surface area contributed by atoms with Crippen LogP contribution in [0.25, 0.3) is 0 Å². The summed E-state index contributed by atoms with van der Waals surface area (Å²) in [6.07, 6.45) is 2.57. The number of carboxylic acid groups (broad SMARTS) is 1. The molecule has 2 aliphatic rings. The molecule has 0 radical (unpaired) electrons. The van der Waals surface area contributed by atoms with Crippen LogP contribution in [0.15, 0.2) is 0 Å². The molecule has 16 heavy (non-hydrogen) atoms. The van der Waals surface area contributed by atoms with Gasteiger partial charge in [-0.15, -0.1) is 0 Å². The van der Waals surface area contributed by atoms with Crippen molar-refractivity contribution >= 4 is 6.09 Å². The zero-order chi connectivity index (χ0) is 11.6. The molecule has 1 heterocycles. The van der Waals surface area contributed by atoms with Crippen LogP contribution in [0.3, 0.4) is 0 Å². The Morgan fingerprint density at radius 3 is 3.25 bits per heavy atom. The molecule has 1 saturated heterocycles. The van der Waals surface area contributed by atoms with E-state index >= 15 is 0 Å². The molecule has 2 fully saturated rings. The summed E-state index contributed by atoms with van der Waals surface area (Å²) < 4.78 is 0. The van der Waals surface area contributed by atoms with Gasteiger partial charge in [-0.3, -0.25) is 0 Å². The van der Waals surface area contributed by atoms with Crippen LogP contribution in [-0.4, -0.2) is 30.3 Å². The maximum atomic E-state index is 10.8. The summed E-state index contributed by atoms with van der Waals surface area (Å²) in [5.41, 5.74) is -0.0197. The third-order valence-corrected chi connectivity index (χ3v) is 4.14. The summed E-state index contributed by atoms with van der Waals surface area (Å²) in [4.78, 5) is 10.8. The second kappa shape index (κ2) is 4.30. The topological polar surface area (TPSA) is 85.2 Å². The number of amides is 1. The number of hydrogen-bond donors (Lipinski definition) is 3. The Hall–Kier alpha value is -1.28. The molecule has 2 rings (SSSR count). The van der Waals surface area contributed by atoms with Crippen LogP contribution in [0, 0.1) is 22.7 Å². The highest BCUT2D eigenvalue weighted by atomic mass is 16.4. The van der Waals surface area contributed by atoms with Crippen molar-refractivity contribution in [2.45, 2.75) is 31.7 Å². The van der Waals surface area contributed by atoms with Crippen LogP contribution >= 0.6 is 0 Å². The van der Waals surface area contributed by atoms with Crippen molar-refractivity contribution in [1.82, 2.24) is 10.6 Å². The smallest absolute Gasteiger partial charge is 0.404 e. The molecule has 3 unspecified atom stereocenters. The van der Waals surface area contributed by atoms with E-state index in [4.69, 9.17) is 10.4 Å². The molecule has 5 heteroatoms. The zero-order valence-electron chi connectivity index (χ0n) is 9.20. The normalized spacial score (nSPS) is 34.1. The van der Waals surface area contributed by atoms with Crippen LogP contribution in [0.2, 0.25) is 0 Å². The number of carbonyl (C=O) groups is 1. The van der Waals surface area contributed by atoms with Gasteiger partial charge in [-0.05, 0) is 25.3 Å². The van der Waals surface area contributed by atoms with Crippen LogP contribution in [-0.2, 0) is 0 Å². The van der Waals surface area contributed by atoms with Crippen molar-refractivity contribution in [3.63, 3.8) is 0 Å². The van der Waals surface area contributed by atoms with Crippen molar-refractivity contribution in [2.24, 2.45) is 11.3 Å². The molecule has 1 amide bonds. The van der Waals surface area contributed by atoms with E-state index < -0.39 is 6.09 Å². The van der Waals surface area contributed by atoms with Gasteiger partial charge in [-0.2, -0.15) is 5.26 Å². The van der Waals surface area contributed by atoms with E-state index in [0.29, 0.717) is 5.92 Å². The molecule has 0 bridgehead atoms. The van der Waals surface area contributed by atoms with Crippen LogP contribution in [0.5, 0.6) is 0 Å². The first-order valence-electron chi connectivity index (χ1n) is 5.76. The molecular weight excluding hydrogens is 206 g/mol. The van der Waals surface area contributed by atoms with Gasteiger partial charge in [-0.1, -0.05) is 6.42 Å². The van der Waals surface area contributed by atoms with Gasteiger partial charge in [0.05, 0.1) is 18.5 Å². The molecule has 3 atom stereocenters. The Kier molecular flexibility index (Phi) is 3.01. The summed E-state index contributed by atoms with van der Waals surface area (Å²) in [5, 5.41) is 23.5. The van der Waals surface area contributed by atoms with Gasteiger partial charge in [0.1, 0.15) is 0 Å². The Balaban J connectivity index is 2.17. The van der Waals surface area contributed by atoms with Crippen LogP contribution in [0.1, 0.15) is 25.7 Å². The lowest BCUT2D eigenvalue weighted by atomic mass is 9.73. The van der Waals surface area contributed by atoms with Crippen molar-refractivity contribution in [3.05, 3.63) is 0 Å². The van der Waals surface area contributed by atoms with Gasteiger partial charge in [0.15, 0.2) is 0 Å². The first kappa shape index (κ1) is 11.2. The third kappa shape index (κ3) is 1.74. The Labute approximate surface area is 94.8 Å². The van der Waals surface area contributed by atoms with E-state index in [1.165, 1.54) is 0 Å². The van der Waals surface area contributed by atoms with E-state index in [-0.39, 0.29) is 17.9 Å². The quantitative estimate of drug-likeness (QED) is 0.664. The maximum Gasteiger partial charge on any atom is 0.404 e. The van der Waals surface area contributed by atoms with E-state index in [1.54, 1.807) is 0 Å². The fourth-order valence-corrected chi connectivity index (χ4v) is 3.41. The van der Waals surface area contributed by atoms with Crippen LogP contribution < -0.4 is 10.6 Å². The zero-order valence-corrected chi connectivity index (χ0v) is 9.20. The number of hydrogen-bond acceptors (Lipinski definition) is 3. The van der Waals surface area contributed by atoms with E-state index in [9.17, 15) is 4.79 Å². The average molecular weight is 223 g/mol. The predicted octanol–water partition coefficient (Wildman–Crippen LogP) is 0.926. The van der Waals surface area contributed by atoms with E-state index in [0.717, 1.165) is 32.4 Å². The third-order valence-electron chi connectivity index (χ3n) is 4.14. The highest BCUT2D eigenvalue weighted by molar-refractivity contribution is 5.65. The largest absolute Gasteiger partial charge is 0.465 e. The maximum absolute atomic E-state index is 10.8. The summed E-state index contributed by atoms with van der Waals surface area (Å²) in [5.74, 6) is 0.526. The average Bonchev–Trinajstić information content (AvgIpc) is 2.74. The summed E-state index contributed by atoms with van der Waals surface area (Å²) in [6, 6.07) is 1.88. The first-order chi connectivity index (χ1) is 7.69. The lowest BCUT2D eigenvalue weighted by Gasteiger charge is -2.36. The van der Waals surface area contributed by atoms with Crippen molar-refractivity contribution in [2.75, 3.05) is 13.1 Å². The Bertz CT molecular complexity index is 314. The van der Waals surface area contributed by atoms with Gasteiger partial charge in [0, 0.05) is 12.0 Å². The van der Waals surface area contributed by atoms with Gasteiger partial charge < -0.3 is 15.7 Å². The van der Waals surface area contributed by atoms with Gasteiger partial charge >= 0.3 is 6.09 Å². The number of nitrogens with one attached hydrogen (secondary N) is 2. The number of nitrogens with zero attached hydrogens (tertiary/aromatic N) is 1. The second-order valence-electron chi connectivity index (χ2n) is 4.82. The fourth-order valence-electron chi connectivity index (χ4n) is 3.41. The first-order valence-corrected chi connectivity index (χ1v) is 5.76. The van der Waals surface area contributed by atoms with E-state index in [1.807, 2.05) is 0 Å². The van der Waals surface area contributed by atoms with Gasteiger partial charge in [-0.25, -0.2) is 4.79 Å². The molecule has 1 aliphatic carbocycles. The highest BCUT2D eigenvalue weighted by Crippen LogP contribution is 2.48. The van der Waals surface area contributed by atoms with Crippen molar-refractivity contribution < 1.29 is 9.90 Å². The highest BCUT2D eigenvalue weighted by Gasteiger charge is 2.51. The molecule has 1 saturated carbocycles. The minimum absolute atomic E-state index is 0.0197. The van der Waals surface area contributed by atoms with Crippen molar-refractivity contribution in [1.29, 1.82) is 5.26 Å². The van der Waals surface area contributed by atoms with Crippen LogP contribution in [0.4, 0.5) is 4.79 Å². The Morgan fingerprint density at radius 2 is 2.56 bits per heavy atom. The number of fused-ring (bicyclic) bond motifs is 1. The predicted molar refractivity (Wildman–Crippen MR) is 57.8 cm³/mol. The van der Waals surface area contributed by atoms with Gasteiger partial charge in [0.25, 0.3) is 0 Å². The molecule has 0 spiro atoms. The lowest BCUT2D eigenvalue weighted by molar-refractivity contribution is 0.150. The summed E-state index contributed by atoms with van der Waals surface area (Å²) in [7, 11) is 0. The van der Waals surface area contributed by atoms with Gasteiger partial charge in [0.2, 0.25) is 0 Å². The fraction of sp³-hybridized carbons (Fsp3) is 0.818. The molecule has 88 valence electrons. The molecule has 0 aromatic rings. The summed E-state index contributed by atoms with van der Waals surface area (Å²) >= 11 is 0. The lowest BCUT2D eigenvalue weighted by Crippen LogP contribution is -2.49. The minimum atomic E-state index is -1.02. The molecule has 1 aliphatic heterocycles. The molecule has 3 N–H and O–H groups in total. The molecular formula is C11H17N3O2. The second-order valence-corrected chi connectivity index (χ2v) is 4.82. The number of nitriles is 1. The van der Waals surface area contributed by atoms with E-state index in [2.05, 4.69) is 16.7 Å². The molecule has 0 aromatic carbocycles. The Morgan fingerprint density at radius 1 is 1.75 bits per heavy atom.